The molecule has 11 heavy (non-hydrogen) atoms. The molecule has 0 unspecified atom stereocenters. The van der Waals surface area contributed by atoms with Crippen molar-refractivity contribution in [3.8, 4) is 0 Å². The Bertz CT molecular complexity index is 86.2. The van der Waals surface area contributed by atoms with Crippen LogP contribution in [0.1, 0.15) is 32.6 Å². The number of ether oxygens (including phenoxy) is 1. The summed E-state index contributed by atoms with van der Waals surface area (Å²) in [6.45, 7) is 3.92. The molecule has 0 aliphatic carbocycles. The van der Waals surface area contributed by atoms with E-state index >= 15 is 0 Å². The second-order valence-corrected chi connectivity index (χ2v) is 4.82. The monoisotopic (exact) mass is 265 g/mol. The summed E-state index contributed by atoms with van der Waals surface area (Å²) in [5.74, 6) is 0. The van der Waals surface area contributed by atoms with Crippen LogP contribution >= 0.6 is 0 Å². The Morgan fingerprint density at radius 1 is 1.18 bits per heavy atom. The van der Waals surface area contributed by atoms with Gasteiger partial charge in [0.05, 0.1) is 0 Å². The molecule has 0 rings (SSSR count). The van der Waals surface area contributed by atoms with Crippen LogP contribution in [0.4, 0.5) is 0 Å². The molecule has 0 aliphatic rings. The van der Waals surface area contributed by atoms with Crippen molar-refractivity contribution in [3.05, 3.63) is 0 Å². The van der Waals surface area contributed by atoms with Gasteiger partial charge in [-0.2, -0.15) is 0 Å². The van der Waals surface area contributed by atoms with Gasteiger partial charge in [-0.15, -0.1) is 0 Å². The predicted octanol–water partition coefficient (Wildman–Crippen LogP) is 2.05. The van der Waals surface area contributed by atoms with E-state index in [1.807, 2.05) is 0 Å². The first kappa shape index (κ1) is 11.6. The first-order valence-corrected chi connectivity index (χ1v) is 7.53. The van der Waals surface area contributed by atoms with Crippen LogP contribution in [0.3, 0.4) is 0 Å². The van der Waals surface area contributed by atoms with Crippen LogP contribution in [0.2, 0.25) is 4.44 Å². The molecule has 0 fully saturated rings. The first-order valence-electron chi connectivity index (χ1n) is 4.34. The number of hydrogen-bond donors (Lipinski definition) is 0. The normalized spacial score (nSPS) is 9.91. The van der Waals surface area contributed by atoms with Gasteiger partial charge in [0.15, 0.2) is 0 Å². The summed E-state index contributed by atoms with van der Waals surface area (Å²) >= 11 is -1.16. The van der Waals surface area contributed by atoms with Crippen LogP contribution in [0.15, 0.2) is 0 Å². The average Bonchev–Trinajstić information content (AvgIpc) is 2.03. The summed E-state index contributed by atoms with van der Waals surface area (Å²) in [5.41, 5.74) is 0. The molecule has 3 heteroatoms. The van der Waals surface area contributed by atoms with Gasteiger partial charge in [-0.3, -0.25) is 0 Å². The van der Waals surface area contributed by atoms with Crippen molar-refractivity contribution in [2.45, 2.75) is 37.0 Å². The van der Waals surface area contributed by atoms with Crippen LogP contribution < -0.4 is 0 Å². The van der Waals surface area contributed by atoms with Gasteiger partial charge in [-0.25, -0.2) is 0 Å². The predicted molar refractivity (Wildman–Crippen MR) is 46.2 cm³/mol. The van der Waals surface area contributed by atoms with Crippen molar-refractivity contribution in [2.75, 3.05) is 13.2 Å². The number of hydrogen-bond acceptors (Lipinski definition) is 2. The third kappa shape index (κ3) is 10.6. The third-order valence-electron chi connectivity index (χ3n) is 1.46. The molecule has 0 spiro atoms. The van der Waals surface area contributed by atoms with Crippen molar-refractivity contribution in [2.24, 2.45) is 0 Å². The molecule has 0 saturated heterocycles. The molecule has 65 valence electrons. The van der Waals surface area contributed by atoms with Crippen LogP contribution in [0, 0.1) is 0 Å². The minimum atomic E-state index is -1.16. The first-order chi connectivity index (χ1) is 5.41. The Morgan fingerprint density at radius 2 is 1.91 bits per heavy atom. The molecule has 0 bridgehead atoms. The molecule has 0 aliphatic heterocycles. The number of unbranched alkanes of at least 4 members (excludes halogenated alkanes) is 2. The molecular weight excluding hydrogens is 247 g/mol. The van der Waals surface area contributed by atoms with Gasteiger partial charge in [0, 0.05) is 0 Å². The maximum absolute atomic E-state index is 10.2. The van der Waals surface area contributed by atoms with Gasteiger partial charge in [-0.05, 0) is 0 Å². The number of rotatable bonds is 8. The van der Waals surface area contributed by atoms with Crippen molar-refractivity contribution < 1.29 is 7.81 Å². The molecule has 0 aromatic heterocycles. The van der Waals surface area contributed by atoms with Gasteiger partial charge in [0.25, 0.3) is 0 Å². The molecule has 0 amide bonds. The van der Waals surface area contributed by atoms with E-state index in [-0.39, 0.29) is 0 Å². The summed E-state index contributed by atoms with van der Waals surface area (Å²) in [6.07, 6.45) is 4.56. The quantitative estimate of drug-likeness (QED) is 0.495. The fourth-order valence-corrected chi connectivity index (χ4v) is 1.88. The van der Waals surface area contributed by atoms with E-state index in [1.54, 1.807) is 0 Å². The minimum absolute atomic E-state index is 0.861. The Morgan fingerprint density at radius 3 is 2.55 bits per heavy atom. The Kier molecular flexibility index (Phi) is 11.1. The van der Waals surface area contributed by atoms with E-state index in [9.17, 15) is 3.08 Å². The second-order valence-electron chi connectivity index (χ2n) is 2.57. The molecule has 2 nitrogen and oxygen atoms in total. The molecule has 0 aromatic carbocycles. The van der Waals surface area contributed by atoms with Crippen molar-refractivity contribution in [1.29, 1.82) is 0 Å². The molecule has 0 atom stereocenters. The van der Waals surface area contributed by atoms with E-state index in [1.165, 1.54) is 6.42 Å². The summed E-state index contributed by atoms with van der Waals surface area (Å²) in [6, 6.07) is 0. The topological polar surface area (TPSA) is 26.3 Å². The summed E-state index contributed by atoms with van der Waals surface area (Å²) in [4.78, 5) is 0. The Labute approximate surface area is 79.3 Å². The summed E-state index contributed by atoms with van der Waals surface area (Å²) in [5, 5.41) is 0. The maximum atomic E-state index is 10.2. The fourth-order valence-electron chi connectivity index (χ4n) is 0.750. The zero-order valence-electron chi connectivity index (χ0n) is 7.27. The zero-order valence-corrected chi connectivity index (χ0v) is 10.1. The standard InChI is InChI=1S/C8H17O.O.Sn/c1-3-5-7-9-8-6-4-2;;/h1,3-8H2,2H3;;. The van der Waals surface area contributed by atoms with Crippen LogP contribution in [0.5, 0.6) is 0 Å². The van der Waals surface area contributed by atoms with Gasteiger partial charge in [-0.1, -0.05) is 0 Å². The van der Waals surface area contributed by atoms with Crippen LogP contribution in [-0.2, 0) is 7.81 Å². The summed E-state index contributed by atoms with van der Waals surface area (Å²) in [7, 11) is 0. The van der Waals surface area contributed by atoms with Crippen molar-refractivity contribution in [1.82, 2.24) is 0 Å². The Hall–Kier alpha value is 0.559. The third-order valence-corrected chi connectivity index (χ3v) is 3.05. The summed E-state index contributed by atoms with van der Waals surface area (Å²) < 4.78 is 16.5. The molecule has 1 radical (unpaired) electrons. The van der Waals surface area contributed by atoms with E-state index in [0.717, 1.165) is 36.9 Å². The second kappa shape index (κ2) is 10.6. The van der Waals surface area contributed by atoms with E-state index in [0.29, 0.717) is 0 Å². The molecule has 0 N–H and O–H groups in total. The molecular formula is C8H17O2Sn. The molecule has 0 aromatic rings. The average molecular weight is 264 g/mol. The SMILES string of the molecule is CCCCOCCC[CH2][Sn]=[O]. The van der Waals surface area contributed by atoms with Gasteiger partial charge < -0.3 is 0 Å². The zero-order chi connectivity index (χ0) is 8.36. The van der Waals surface area contributed by atoms with Crippen molar-refractivity contribution in [3.63, 3.8) is 0 Å². The van der Waals surface area contributed by atoms with E-state index in [2.05, 4.69) is 6.92 Å². The molecule has 0 saturated carbocycles. The van der Waals surface area contributed by atoms with Gasteiger partial charge in [0.2, 0.25) is 0 Å². The van der Waals surface area contributed by atoms with E-state index < -0.39 is 21.1 Å². The van der Waals surface area contributed by atoms with Crippen LogP contribution in [0.25, 0.3) is 0 Å². The fraction of sp³-hybridized carbons (Fsp3) is 1.00. The van der Waals surface area contributed by atoms with Gasteiger partial charge in [0.1, 0.15) is 0 Å². The van der Waals surface area contributed by atoms with E-state index in [4.69, 9.17) is 4.74 Å². The Balaban J connectivity index is 2.74. The van der Waals surface area contributed by atoms with Crippen LogP contribution in [-0.4, -0.2) is 34.3 Å². The van der Waals surface area contributed by atoms with Gasteiger partial charge >= 0.3 is 79.2 Å². The molecule has 0 heterocycles. The van der Waals surface area contributed by atoms with Crippen molar-refractivity contribution >= 4 is 21.1 Å².